The number of anilines is 1. The zero-order chi connectivity index (χ0) is 13.8. The SMILES string of the molecule is CCCC(C)(C)NC(=O)c1cc(N)ccc1OC. The summed E-state index contributed by atoms with van der Waals surface area (Å²) < 4.78 is 5.18. The first-order chi connectivity index (χ1) is 8.39. The number of hydrogen-bond donors (Lipinski definition) is 2. The average molecular weight is 250 g/mol. The maximum absolute atomic E-state index is 12.2. The van der Waals surface area contributed by atoms with Crippen molar-refractivity contribution in [3.8, 4) is 5.75 Å². The normalized spacial score (nSPS) is 11.1. The molecule has 0 radical (unpaired) electrons. The van der Waals surface area contributed by atoms with Crippen molar-refractivity contribution in [2.24, 2.45) is 0 Å². The van der Waals surface area contributed by atoms with Gasteiger partial charge in [-0.15, -0.1) is 0 Å². The van der Waals surface area contributed by atoms with E-state index in [0.29, 0.717) is 17.0 Å². The fourth-order valence-corrected chi connectivity index (χ4v) is 1.97. The predicted molar refractivity (Wildman–Crippen MR) is 73.9 cm³/mol. The molecule has 100 valence electrons. The molecule has 0 aliphatic rings. The molecule has 3 N–H and O–H groups in total. The fourth-order valence-electron chi connectivity index (χ4n) is 1.97. The molecule has 4 heteroatoms. The smallest absolute Gasteiger partial charge is 0.255 e. The van der Waals surface area contributed by atoms with Crippen LogP contribution in [0.2, 0.25) is 0 Å². The molecule has 0 aromatic heterocycles. The van der Waals surface area contributed by atoms with Gasteiger partial charge in [0.2, 0.25) is 0 Å². The van der Waals surface area contributed by atoms with Crippen molar-refractivity contribution in [1.82, 2.24) is 5.32 Å². The molecule has 0 bridgehead atoms. The van der Waals surface area contributed by atoms with Gasteiger partial charge in [-0.3, -0.25) is 4.79 Å². The number of nitrogen functional groups attached to an aromatic ring is 1. The van der Waals surface area contributed by atoms with Gasteiger partial charge < -0.3 is 15.8 Å². The minimum Gasteiger partial charge on any atom is -0.496 e. The summed E-state index contributed by atoms with van der Waals surface area (Å²) in [4.78, 5) is 12.2. The van der Waals surface area contributed by atoms with Crippen molar-refractivity contribution in [3.05, 3.63) is 23.8 Å². The van der Waals surface area contributed by atoms with Crippen LogP contribution in [0.3, 0.4) is 0 Å². The molecule has 1 amide bonds. The number of hydrogen-bond acceptors (Lipinski definition) is 3. The first-order valence-electron chi connectivity index (χ1n) is 6.15. The molecule has 0 aliphatic carbocycles. The second-order valence-electron chi connectivity index (χ2n) is 5.05. The standard InChI is InChI=1S/C14H22N2O2/c1-5-8-14(2,3)16-13(17)11-9-10(15)6-7-12(11)18-4/h6-7,9H,5,8,15H2,1-4H3,(H,16,17). The van der Waals surface area contributed by atoms with E-state index in [0.717, 1.165) is 12.8 Å². The molecular formula is C14H22N2O2. The van der Waals surface area contributed by atoms with Crippen molar-refractivity contribution in [2.75, 3.05) is 12.8 Å². The summed E-state index contributed by atoms with van der Waals surface area (Å²) in [6.07, 6.45) is 1.94. The van der Waals surface area contributed by atoms with Crippen LogP contribution in [0, 0.1) is 0 Å². The molecular weight excluding hydrogens is 228 g/mol. The van der Waals surface area contributed by atoms with Gasteiger partial charge >= 0.3 is 0 Å². The molecule has 0 saturated carbocycles. The highest BCUT2D eigenvalue weighted by Gasteiger charge is 2.22. The Bertz CT molecular complexity index is 428. The molecule has 0 unspecified atom stereocenters. The highest BCUT2D eigenvalue weighted by atomic mass is 16.5. The van der Waals surface area contributed by atoms with E-state index in [1.807, 2.05) is 13.8 Å². The Morgan fingerprint density at radius 3 is 2.67 bits per heavy atom. The molecule has 1 aromatic carbocycles. The van der Waals surface area contributed by atoms with Gasteiger partial charge in [0.1, 0.15) is 5.75 Å². The first-order valence-corrected chi connectivity index (χ1v) is 6.15. The van der Waals surface area contributed by atoms with Gasteiger partial charge in [0, 0.05) is 11.2 Å². The number of nitrogens with two attached hydrogens (primary N) is 1. The first kappa shape index (κ1) is 14.4. The van der Waals surface area contributed by atoms with Crippen LogP contribution in [0.5, 0.6) is 5.75 Å². The molecule has 4 nitrogen and oxygen atoms in total. The lowest BCUT2D eigenvalue weighted by atomic mass is 9.98. The maximum Gasteiger partial charge on any atom is 0.255 e. The Kier molecular flexibility index (Phi) is 4.59. The molecule has 0 spiro atoms. The maximum atomic E-state index is 12.2. The van der Waals surface area contributed by atoms with E-state index in [2.05, 4.69) is 12.2 Å². The van der Waals surface area contributed by atoms with Crippen LogP contribution in [0.15, 0.2) is 18.2 Å². The lowest BCUT2D eigenvalue weighted by molar-refractivity contribution is 0.0906. The van der Waals surface area contributed by atoms with E-state index >= 15 is 0 Å². The average Bonchev–Trinajstić information content (AvgIpc) is 2.28. The van der Waals surface area contributed by atoms with Gasteiger partial charge in [-0.1, -0.05) is 13.3 Å². The van der Waals surface area contributed by atoms with Crippen LogP contribution in [0.25, 0.3) is 0 Å². The third-order valence-corrected chi connectivity index (χ3v) is 2.80. The monoisotopic (exact) mass is 250 g/mol. The molecule has 0 saturated heterocycles. The summed E-state index contributed by atoms with van der Waals surface area (Å²) in [5, 5.41) is 3.00. The van der Waals surface area contributed by atoms with Gasteiger partial charge in [-0.25, -0.2) is 0 Å². The van der Waals surface area contributed by atoms with Crippen molar-refractivity contribution < 1.29 is 9.53 Å². The molecule has 1 aromatic rings. The zero-order valence-electron chi connectivity index (χ0n) is 11.5. The summed E-state index contributed by atoms with van der Waals surface area (Å²) in [5.41, 5.74) is 6.50. The van der Waals surface area contributed by atoms with Crippen LogP contribution in [0.1, 0.15) is 44.0 Å². The summed E-state index contributed by atoms with van der Waals surface area (Å²) in [6, 6.07) is 5.06. The van der Waals surface area contributed by atoms with Crippen LogP contribution in [-0.4, -0.2) is 18.6 Å². The fraction of sp³-hybridized carbons (Fsp3) is 0.500. The van der Waals surface area contributed by atoms with Crippen LogP contribution >= 0.6 is 0 Å². The number of benzene rings is 1. The number of rotatable bonds is 5. The number of carbonyl (C=O) groups is 1. The second kappa shape index (κ2) is 5.76. The molecule has 1 rings (SSSR count). The minimum absolute atomic E-state index is 0.155. The van der Waals surface area contributed by atoms with Gasteiger partial charge in [-0.05, 0) is 38.5 Å². The summed E-state index contributed by atoms with van der Waals surface area (Å²) in [6.45, 7) is 6.11. The lowest BCUT2D eigenvalue weighted by Gasteiger charge is -2.26. The van der Waals surface area contributed by atoms with Crippen LogP contribution in [-0.2, 0) is 0 Å². The molecule has 0 aliphatic heterocycles. The van der Waals surface area contributed by atoms with E-state index in [-0.39, 0.29) is 11.4 Å². The number of methoxy groups -OCH3 is 1. The van der Waals surface area contributed by atoms with Gasteiger partial charge in [0.15, 0.2) is 0 Å². The molecule has 0 fully saturated rings. The lowest BCUT2D eigenvalue weighted by Crippen LogP contribution is -2.43. The highest BCUT2D eigenvalue weighted by molar-refractivity contribution is 5.98. The third kappa shape index (κ3) is 3.65. The second-order valence-corrected chi connectivity index (χ2v) is 5.05. The van der Waals surface area contributed by atoms with Gasteiger partial charge in [-0.2, -0.15) is 0 Å². The summed E-state index contributed by atoms with van der Waals surface area (Å²) >= 11 is 0. The Morgan fingerprint density at radius 1 is 1.44 bits per heavy atom. The quantitative estimate of drug-likeness (QED) is 0.789. The molecule has 18 heavy (non-hydrogen) atoms. The van der Waals surface area contributed by atoms with Crippen molar-refractivity contribution >= 4 is 11.6 Å². The third-order valence-electron chi connectivity index (χ3n) is 2.80. The van der Waals surface area contributed by atoms with E-state index in [4.69, 9.17) is 10.5 Å². The van der Waals surface area contributed by atoms with Gasteiger partial charge in [0.05, 0.1) is 12.7 Å². The summed E-state index contributed by atoms with van der Waals surface area (Å²) in [5.74, 6) is 0.381. The predicted octanol–water partition coefficient (Wildman–Crippen LogP) is 2.59. The Morgan fingerprint density at radius 2 is 2.11 bits per heavy atom. The molecule has 0 heterocycles. The zero-order valence-corrected chi connectivity index (χ0v) is 11.5. The van der Waals surface area contributed by atoms with Crippen LogP contribution in [0.4, 0.5) is 5.69 Å². The Labute approximate surface area is 109 Å². The van der Waals surface area contributed by atoms with E-state index in [1.165, 1.54) is 0 Å². The van der Waals surface area contributed by atoms with Crippen LogP contribution < -0.4 is 15.8 Å². The highest BCUT2D eigenvalue weighted by Crippen LogP contribution is 2.22. The Balaban J connectivity index is 2.93. The summed E-state index contributed by atoms with van der Waals surface area (Å²) in [7, 11) is 1.54. The van der Waals surface area contributed by atoms with Crippen molar-refractivity contribution in [2.45, 2.75) is 39.2 Å². The van der Waals surface area contributed by atoms with Crippen molar-refractivity contribution in [1.29, 1.82) is 0 Å². The van der Waals surface area contributed by atoms with Gasteiger partial charge in [0.25, 0.3) is 5.91 Å². The number of ether oxygens (including phenoxy) is 1. The number of nitrogens with one attached hydrogen (secondary N) is 1. The molecule has 0 atom stereocenters. The number of amides is 1. The number of carbonyl (C=O) groups excluding carboxylic acids is 1. The van der Waals surface area contributed by atoms with E-state index in [1.54, 1.807) is 25.3 Å². The van der Waals surface area contributed by atoms with E-state index in [9.17, 15) is 4.79 Å². The minimum atomic E-state index is -0.235. The topological polar surface area (TPSA) is 64.4 Å². The van der Waals surface area contributed by atoms with Crippen molar-refractivity contribution in [3.63, 3.8) is 0 Å². The van der Waals surface area contributed by atoms with E-state index < -0.39 is 0 Å². The largest absolute Gasteiger partial charge is 0.496 e. The Hall–Kier alpha value is -1.71.